The topological polar surface area (TPSA) is 119 Å². The van der Waals surface area contributed by atoms with Crippen LogP contribution in [0.4, 0.5) is 4.79 Å². The number of carbonyl (C=O) groups is 1. The minimum Gasteiger partial charge on any atom is -0.493 e. The van der Waals surface area contributed by atoms with Crippen LogP contribution in [0.3, 0.4) is 0 Å². The molecule has 2 aliphatic carbocycles. The summed E-state index contributed by atoms with van der Waals surface area (Å²) in [5.74, 6) is 0.317. The molecule has 1 amide bonds. The van der Waals surface area contributed by atoms with Gasteiger partial charge in [-0.1, -0.05) is 96.9 Å². The molecule has 4 aromatic carbocycles. The lowest BCUT2D eigenvalue weighted by atomic mass is 9.55. The van der Waals surface area contributed by atoms with Gasteiger partial charge in [0, 0.05) is 41.8 Å². The molecule has 0 aromatic heterocycles. The monoisotopic (exact) mass is 888 g/mol. The van der Waals surface area contributed by atoms with Gasteiger partial charge in [0.25, 0.3) is 0 Å². The lowest BCUT2D eigenvalue weighted by Crippen LogP contribution is -2.70. The Hall–Kier alpha value is -5.07. The van der Waals surface area contributed by atoms with E-state index in [1.165, 1.54) is 4.90 Å². The van der Waals surface area contributed by atoms with Gasteiger partial charge in [-0.25, -0.2) is 4.79 Å². The molecule has 6 atom stereocenters. The zero-order valence-electron chi connectivity index (χ0n) is 37.2. The van der Waals surface area contributed by atoms with Crippen molar-refractivity contribution in [2.75, 3.05) is 45.4 Å². The van der Waals surface area contributed by atoms with Gasteiger partial charge in [-0.3, -0.25) is 4.90 Å². The van der Waals surface area contributed by atoms with Crippen LogP contribution in [0.15, 0.2) is 138 Å². The predicted octanol–water partition coefficient (Wildman–Crippen LogP) is 10.9. The van der Waals surface area contributed by atoms with Crippen LogP contribution in [0.5, 0.6) is 11.5 Å². The van der Waals surface area contributed by atoms with E-state index in [1.807, 2.05) is 55.5 Å². The first kappa shape index (κ1) is 46.9. The molecule has 340 valence electrons. The van der Waals surface area contributed by atoms with Crippen molar-refractivity contribution in [2.45, 2.75) is 87.5 Å². The molecule has 0 radical (unpaired) electrons. The maximum absolute atomic E-state index is 14.8. The number of fused-ring (bicyclic) bond motifs is 3. The summed E-state index contributed by atoms with van der Waals surface area (Å²) in [5.41, 5.74) is 3.68. The molecule has 0 unspecified atom stereocenters. The van der Waals surface area contributed by atoms with Gasteiger partial charge in [-0.15, -0.1) is 24.9 Å². The molecule has 4 aromatic rings. The second-order valence-electron chi connectivity index (χ2n) is 16.7. The first-order valence-corrected chi connectivity index (χ1v) is 24.0. The largest absolute Gasteiger partial charge is 0.493 e. The fourth-order valence-corrected chi connectivity index (χ4v) is 10.7. The fourth-order valence-electron chi connectivity index (χ4n) is 9.94. The molecule has 7 rings (SSSR count). The highest BCUT2D eigenvalue weighted by Crippen LogP contribution is 2.62. The van der Waals surface area contributed by atoms with E-state index in [0.717, 1.165) is 70.4 Å². The highest BCUT2D eigenvalue weighted by atomic mass is 32.2. The molecule has 1 heterocycles. The summed E-state index contributed by atoms with van der Waals surface area (Å²) in [4.78, 5) is 23.8. The number of benzene rings is 4. The molecule has 0 bridgehead atoms. The van der Waals surface area contributed by atoms with Crippen LogP contribution in [0.1, 0.15) is 75.3 Å². The summed E-state index contributed by atoms with van der Waals surface area (Å²) < 4.78 is 27.2. The third kappa shape index (κ3) is 10.7. The van der Waals surface area contributed by atoms with Gasteiger partial charge in [0.2, 0.25) is 5.79 Å². The summed E-state index contributed by atoms with van der Waals surface area (Å²) in [6, 6.07) is 30.0. The van der Waals surface area contributed by atoms with E-state index >= 15 is 0 Å². The van der Waals surface area contributed by atoms with E-state index in [-0.39, 0.29) is 57.1 Å². The van der Waals surface area contributed by atoms with Crippen LogP contribution in [0.2, 0.25) is 0 Å². The fraction of sp³-hybridized carbons (Fsp3) is 0.434. The number of ether oxygens (including phenoxy) is 4. The van der Waals surface area contributed by atoms with Gasteiger partial charge in [0.15, 0.2) is 0 Å². The van der Waals surface area contributed by atoms with Gasteiger partial charge in [-0.05, 0) is 103 Å². The maximum atomic E-state index is 14.8. The number of hydrogen-bond donors (Lipinski definition) is 2. The molecule has 1 aliphatic heterocycles. The van der Waals surface area contributed by atoms with E-state index in [0.29, 0.717) is 38.2 Å². The van der Waals surface area contributed by atoms with E-state index < -0.39 is 23.8 Å². The van der Waals surface area contributed by atoms with Crippen LogP contribution < -0.4 is 9.47 Å². The SMILES string of the molecule is C=CCCOC(=O)N(Cc1cccc2ccccc12)[C@H]1CC(=NOCC)C2=C[C@H](CCCCO)[C@@H](CCCCO)[C@@H]3c4cc(OCCSc5ccccc5)ccc4O[C@@]1(OCC=C)[C@H]23. The maximum Gasteiger partial charge on any atom is 0.410 e. The number of rotatable bonds is 24. The molecule has 1 fully saturated rings. The molecule has 0 spiro atoms. The Bertz CT molecular complexity index is 2230. The zero-order valence-corrected chi connectivity index (χ0v) is 38.0. The number of thioether (sulfide) groups is 1. The van der Waals surface area contributed by atoms with E-state index in [2.05, 4.69) is 61.7 Å². The Kier molecular flexibility index (Phi) is 17.0. The Labute approximate surface area is 383 Å². The van der Waals surface area contributed by atoms with Crippen molar-refractivity contribution >= 4 is 34.3 Å². The highest BCUT2D eigenvalue weighted by Gasteiger charge is 2.65. The number of aliphatic hydroxyl groups is 2. The molecule has 11 heteroatoms. The third-order valence-corrected chi connectivity index (χ3v) is 13.7. The highest BCUT2D eigenvalue weighted by molar-refractivity contribution is 7.99. The average molecular weight is 889 g/mol. The van der Waals surface area contributed by atoms with Crippen molar-refractivity contribution in [3.8, 4) is 11.5 Å². The van der Waals surface area contributed by atoms with Crippen LogP contribution in [0, 0.1) is 17.8 Å². The smallest absolute Gasteiger partial charge is 0.410 e. The van der Waals surface area contributed by atoms with E-state index in [1.54, 1.807) is 28.8 Å². The number of nitrogens with zero attached hydrogens (tertiary/aromatic N) is 2. The second kappa shape index (κ2) is 23.2. The molecule has 3 aliphatic rings. The van der Waals surface area contributed by atoms with Crippen molar-refractivity contribution in [3.63, 3.8) is 0 Å². The lowest BCUT2D eigenvalue weighted by molar-refractivity contribution is -0.256. The first-order chi connectivity index (χ1) is 31.5. The Morgan fingerprint density at radius 3 is 2.50 bits per heavy atom. The van der Waals surface area contributed by atoms with Crippen LogP contribution in [-0.2, 0) is 20.9 Å². The van der Waals surface area contributed by atoms with E-state index in [4.69, 9.17) is 28.9 Å². The number of hydrogen-bond acceptors (Lipinski definition) is 10. The molecule has 1 saturated carbocycles. The van der Waals surface area contributed by atoms with E-state index in [9.17, 15) is 15.0 Å². The van der Waals surface area contributed by atoms with Gasteiger partial charge < -0.3 is 34.0 Å². The van der Waals surface area contributed by atoms with Crippen molar-refractivity contribution in [2.24, 2.45) is 22.9 Å². The van der Waals surface area contributed by atoms with Crippen molar-refractivity contribution in [1.29, 1.82) is 0 Å². The number of allylic oxidation sites excluding steroid dienone is 1. The number of oxime groups is 1. The van der Waals surface area contributed by atoms with Crippen LogP contribution in [0.25, 0.3) is 10.8 Å². The summed E-state index contributed by atoms with van der Waals surface area (Å²) in [6.45, 7) is 11.5. The Morgan fingerprint density at radius 1 is 0.938 bits per heavy atom. The van der Waals surface area contributed by atoms with Crippen molar-refractivity contribution in [3.05, 3.63) is 139 Å². The molecule has 64 heavy (non-hydrogen) atoms. The number of carbonyl (C=O) groups excluding carboxylic acids is 1. The predicted molar refractivity (Wildman–Crippen MR) is 255 cm³/mol. The van der Waals surface area contributed by atoms with Gasteiger partial charge in [0.05, 0.1) is 38.0 Å². The summed E-state index contributed by atoms with van der Waals surface area (Å²) in [5, 5.41) is 26.9. The summed E-state index contributed by atoms with van der Waals surface area (Å²) in [6.07, 6.45) is 10.8. The molecule has 0 saturated heterocycles. The van der Waals surface area contributed by atoms with Crippen LogP contribution >= 0.6 is 11.8 Å². The zero-order chi connectivity index (χ0) is 44.7. The van der Waals surface area contributed by atoms with Crippen molar-refractivity contribution < 1.29 is 38.8 Å². The standard InChI is InChI=1S/C53H64N2O8S/c1-4-7-31-60-52(58)55(37-40-21-17-20-38-18-11-12-24-43(38)40)49-36-47(54-62-6-3)45-34-39(19-13-15-28-56)44(25-14-16-29-57)50-46-35-41(59-32-33-64-42-22-9-8-10-23-42)26-27-48(46)63-53(49,51(45)50)61-30-5-2/h4-5,8-12,17-18,20-24,26-27,34-35,39,44,49-51,56-57H,1-2,6-7,13-16,19,25,28-33,36-37H2,3H3/t39-,44+,49-,50+,51+,53+/m0/s1. The second-order valence-corrected chi connectivity index (χ2v) is 17.8. The quantitative estimate of drug-likeness (QED) is 0.0307. The molecule has 2 N–H and O–H groups in total. The normalized spacial score (nSPS) is 22.7. The Balaban J connectivity index is 1.40. The van der Waals surface area contributed by atoms with Gasteiger partial charge in [0.1, 0.15) is 24.1 Å². The summed E-state index contributed by atoms with van der Waals surface area (Å²) in [7, 11) is 0. The number of amides is 1. The molecule has 10 nitrogen and oxygen atoms in total. The van der Waals surface area contributed by atoms with Crippen LogP contribution in [-0.4, -0.2) is 84.1 Å². The number of unbranched alkanes of at least 4 members (excludes halogenated alkanes) is 2. The first-order valence-electron chi connectivity index (χ1n) is 23.0. The molecular weight excluding hydrogens is 825 g/mol. The summed E-state index contributed by atoms with van der Waals surface area (Å²) >= 11 is 1.75. The average Bonchev–Trinajstić information content (AvgIpc) is 3.32. The lowest BCUT2D eigenvalue weighted by Gasteiger charge is -2.60. The minimum absolute atomic E-state index is 0.0791. The Morgan fingerprint density at radius 2 is 1.72 bits per heavy atom. The van der Waals surface area contributed by atoms with Gasteiger partial charge >= 0.3 is 6.09 Å². The molecular formula is C53H64N2O8S. The third-order valence-electron chi connectivity index (χ3n) is 12.7. The minimum atomic E-state index is -1.43. The van der Waals surface area contributed by atoms with Gasteiger partial charge in [-0.2, -0.15) is 0 Å². The van der Waals surface area contributed by atoms with Crippen molar-refractivity contribution in [1.82, 2.24) is 4.90 Å². The number of aliphatic hydroxyl groups excluding tert-OH is 2.